The highest BCUT2D eigenvalue weighted by molar-refractivity contribution is 5.60. The first kappa shape index (κ1) is 15.9. The second-order valence-corrected chi connectivity index (χ2v) is 6.12. The molecule has 23 heavy (non-hydrogen) atoms. The van der Waals surface area contributed by atoms with E-state index in [2.05, 4.69) is 16.8 Å². The predicted octanol–water partition coefficient (Wildman–Crippen LogP) is 3.08. The Morgan fingerprint density at radius 3 is 2.43 bits per heavy atom. The number of nitrogens with zero attached hydrogens (tertiary/aromatic N) is 3. The summed E-state index contributed by atoms with van der Waals surface area (Å²) >= 11 is 0. The minimum absolute atomic E-state index is 0.249. The van der Waals surface area contributed by atoms with E-state index in [-0.39, 0.29) is 11.9 Å². The van der Waals surface area contributed by atoms with Crippen molar-refractivity contribution in [1.29, 1.82) is 0 Å². The first-order valence-electron chi connectivity index (χ1n) is 8.22. The molecule has 0 unspecified atom stereocenters. The molecule has 0 radical (unpaired) electrons. The Balaban J connectivity index is 2.01. The molecule has 1 aliphatic heterocycles. The van der Waals surface area contributed by atoms with Crippen molar-refractivity contribution < 1.29 is 4.39 Å². The SMILES string of the molecule is CCc1c(C)nc(-c2ccc(F)cc2)nc1N1CCC(N)CC1. The van der Waals surface area contributed by atoms with Crippen molar-refractivity contribution in [2.24, 2.45) is 5.73 Å². The largest absolute Gasteiger partial charge is 0.356 e. The van der Waals surface area contributed by atoms with Gasteiger partial charge in [0.05, 0.1) is 0 Å². The molecule has 3 rings (SSSR count). The lowest BCUT2D eigenvalue weighted by Gasteiger charge is -2.32. The van der Waals surface area contributed by atoms with Crippen molar-refractivity contribution in [1.82, 2.24) is 9.97 Å². The topological polar surface area (TPSA) is 55.0 Å². The van der Waals surface area contributed by atoms with E-state index in [1.165, 1.54) is 17.7 Å². The first-order chi connectivity index (χ1) is 11.1. The van der Waals surface area contributed by atoms with E-state index in [1.807, 2.05) is 6.92 Å². The number of hydrogen-bond acceptors (Lipinski definition) is 4. The number of benzene rings is 1. The van der Waals surface area contributed by atoms with Crippen LogP contribution < -0.4 is 10.6 Å². The molecule has 2 N–H and O–H groups in total. The van der Waals surface area contributed by atoms with Gasteiger partial charge in [0.1, 0.15) is 11.6 Å². The lowest BCUT2D eigenvalue weighted by atomic mass is 10.0. The maximum Gasteiger partial charge on any atom is 0.161 e. The smallest absolute Gasteiger partial charge is 0.161 e. The maximum absolute atomic E-state index is 13.1. The summed E-state index contributed by atoms with van der Waals surface area (Å²) in [6.07, 6.45) is 2.86. The molecule has 1 saturated heterocycles. The maximum atomic E-state index is 13.1. The van der Waals surface area contributed by atoms with Crippen molar-refractivity contribution in [3.8, 4) is 11.4 Å². The molecular formula is C18H23FN4. The second kappa shape index (κ2) is 6.62. The molecule has 0 spiro atoms. The molecule has 4 nitrogen and oxygen atoms in total. The molecule has 122 valence electrons. The van der Waals surface area contributed by atoms with E-state index >= 15 is 0 Å². The van der Waals surface area contributed by atoms with Gasteiger partial charge in [0.15, 0.2) is 5.82 Å². The van der Waals surface area contributed by atoms with Crippen LogP contribution in [-0.2, 0) is 6.42 Å². The summed E-state index contributed by atoms with van der Waals surface area (Å²) in [7, 11) is 0. The lowest BCUT2D eigenvalue weighted by Crippen LogP contribution is -2.40. The molecule has 1 aromatic heterocycles. The fourth-order valence-electron chi connectivity index (χ4n) is 3.10. The fraction of sp³-hybridized carbons (Fsp3) is 0.444. The number of piperidine rings is 1. The summed E-state index contributed by atoms with van der Waals surface area (Å²) < 4.78 is 13.1. The van der Waals surface area contributed by atoms with Crippen LogP contribution in [0.25, 0.3) is 11.4 Å². The van der Waals surface area contributed by atoms with Crippen LogP contribution in [0.1, 0.15) is 31.0 Å². The quantitative estimate of drug-likeness (QED) is 0.946. The Kier molecular flexibility index (Phi) is 4.57. The zero-order valence-electron chi connectivity index (χ0n) is 13.7. The molecule has 2 aromatic rings. The molecule has 0 bridgehead atoms. The average molecular weight is 314 g/mol. The number of hydrogen-bond donors (Lipinski definition) is 1. The Morgan fingerprint density at radius 2 is 1.83 bits per heavy atom. The minimum atomic E-state index is -0.249. The number of aryl methyl sites for hydroxylation is 1. The fourth-order valence-corrected chi connectivity index (χ4v) is 3.10. The van der Waals surface area contributed by atoms with Crippen LogP contribution in [-0.4, -0.2) is 29.1 Å². The van der Waals surface area contributed by atoms with Gasteiger partial charge < -0.3 is 10.6 Å². The van der Waals surface area contributed by atoms with Gasteiger partial charge in [-0.05, 0) is 50.5 Å². The summed E-state index contributed by atoms with van der Waals surface area (Å²) in [5.41, 5.74) is 9.03. The summed E-state index contributed by atoms with van der Waals surface area (Å²) in [4.78, 5) is 11.7. The normalized spacial score (nSPS) is 15.9. The van der Waals surface area contributed by atoms with Gasteiger partial charge in [0.25, 0.3) is 0 Å². The van der Waals surface area contributed by atoms with Crippen LogP contribution in [0.4, 0.5) is 10.2 Å². The van der Waals surface area contributed by atoms with Gasteiger partial charge in [0, 0.05) is 36.0 Å². The van der Waals surface area contributed by atoms with Crippen molar-refractivity contribution in [3.63, 3.8) is 0 Å². The number of halogens is 1. The number of nitrogens with two attached hydrogens (primary N) is 1. The molecule has 1 aromatic carbocycles. The average Bonchev–Trinajstić information content (AvgIpc) is 2.55. The Hall–Kier alpha value is -2.01. The van der Waals surface area contributed by atoms with Crippen LogP contribution in [0, 0.1) is 12.7 Å². The van der Waals surface area contributed by atoms with Crippen molar-refractivity contribution in [2.75, 3.05) is 18.0 Å². The first-order valence-corrected chi connectivity index (χ1v) is 8.22. The van der Waals surface area contributed by atoms with Gasteiger partial charge >= 0.3 is 0 Å². The zero-order valence-corrected chi connectivity index (χ0v) is 13.7. The van der Waals surface area contributed by atoms with Crippen LogP contribution >= 0.6 is 0 Å². The minimum Gasteiger partial charge on any atom is -0.356 e. The predicted molar refractivity (Wildman–Crippen MR) is 91.0 cm³/mol. The molecule has 2 heterocycles. The van der Waals surface area contributed by atoms with Gasteiger partial charge in [-0.2, -0.15) is 0 Å². The van der Waals surface area contributed by atoms with Gasteiger partial charge in [-0.1, -0.05) is 6.92 Å². The third kappa shape index (κ3) is 3.34. The third-order valence-corrected chi connectivity index (χ3v) is 4.49. The molecular weight excluding hydrogens is 291 g/mol. The van der Waals surface area contributed by atoms with E-state index in [0.717, 1.165) is 49.4 Å². The van der Waals surface area contributed by atoms with Crippen molar-refractivity contribution >= 4 is 5.82 Å². The number of anilines is 1. The highest BCUT2D eigenvalue weighted by Crippen LogP contribution is 2.27. The molecule has 5 heteroatoms. The van der Waals surface area contributed by atoms with Crippen LogP contribution in [0.3, 0.4) is 0 Å². The third-order valence-electron chi connectivity index (χ3n) is 4.49. The molecule has 1 fully saturated rings. The van der Waals surface area contributed by atoms with Crippen LogP contribution in [0.15, 0.2) is 24.3 Å². The van der Waals surface area contributed by atoms with Crippen molar-refractivity contribution in [3.05, 3.63) is 41.3 Å². The summed E-state index contributed by atoms with van der Waals surface area (Å²) in [5, 5.41) is 0. The Bertz CT molecular complexity index is 676. The number of aromatic nitrogens is 2. The van der Waals surface area contributed by atoms with Crippen LogP contribution in [0.2, 0.25) is 0 Å². The highest BCUT2D eigenvalue weighted by atomic mass is 19.1. The summed E-state index contributed by atoms with van der Waals surface area (Å²) in [6.45, 7) is 6.00. The van der Waals surface area contributed by atoms with E-state index in [0.29, 0.717) is 5.82 Å². The van der Waals surface area contributed by atoms with E-state index in [1.54, 1.807) is 12.1 Å². The number of rotatable bonds is 3. The second-order valence-electron chi connectivity index (χ2n) is 6.12. The van der Waals surface area contributed by atoms with Gasteiger partial charge in [-0.15, -0.1) is 0 Å². The standard InChI is InChI=1S/C18H23FN4/c1-3-16-12(2)21-17(13-4-6-14(19)7-5-13)22-18(16)23-10-8-15(20)9-11-23/h4-7,15H,3,8-11,20H2,1-2H3. The zero-order chi connectivity index (χ0) is 16.4. The monoisotopic (exact) mass is 314 g/mol. The van der Waals surface area contributed by atoms with Crippen molar-refractivity contribution in [2.45, 2.75) is 39.2 Å². The molecule has 0 saturated carbocycles. The summed E-state index contributed by atoms with van der Waals surface area (Å²) in [5.74, 6) is 1.41. The Labute approximate surface area is 136 Å². The molecule has 1 aliphatic rings. The lowest BCUT2D eigenvalue weighted by molar-refractivity contribution is 0.497. The van der Waals surface area contributed by atoms with Gasteiger partial charge in [0.2, 0.25) is 0 Å². The van der Waals surface area contributed by atoms with Gasteiger partial charge in [-0.25, -0.2) is 14.4 Å². The van der Waals surface area contributed by atoms with Gasteiger partial charge in [-0.3, -0.25) is 0 Å². The van der Waals surface area contributed by atoms with Crippen LogP contribution in [0.5, 0.6) is 0 Å². The molecule has 0 amide bonds. The highest BCUT2D eigenvalue weighted by Gasteiger charge is 2.21. The summed E-state index contributed by atoms with van der Waals surface area (Å²) in [6, 6.07) is 6.63. The van der Waals surface area contributed by atoms with E-state index in [4.69, 9.17) is 10.7 Å². The Morgan fingerprint density at radius 1 is 1.17 bits per heavy atom. The molecule has 0 atom stereocenters. The van der Waals surface area contributed by atoms with E-state index < -0.39 is 0 Å². The molecule has 0 aliphatic carbocycles. The van der Waals surface area contributed by atoms with E-state index in [9.17, 15) is 4.39 Å².